The molecule has 10 aromatic rings. The van der Waals surface area contributed by atoms with Gasteiger partial charge in [0.1, 0.15) is 23.3 Å². The van der Waals surface area contributed by atoms with E-state index in [0.29, 0.717) is 35.1 Å². The first-order chi connectivity index (χ1) is 40.7. The van der Waals surface area contributed by atoms with Crippen LogP contribution >= 0.6 is 0 Å². The monoisotopic (exact) mass is 1590 g/mol. The first kappa shape index (κ1) is 71.0. The molecule has 0 aliphatic heterocycles. The first-order valence-corrected chi connectivity index (χ1v) is 25.3. The zero-order valence-electron chi connectivity index (χ0n) is 45.6. The molecule has 0 aliphatic carbocycles. The third kappa shape index (κ3) is 17.3. The van der Waals surface area contributed by atoms with Crippen molar-refractivity contribution in [3.05, 3.63) is 215 Å². The van der Waals surface area contributed by atoms with Crippen molar-refractivity contribution in [3.63, 3.8) is 0 Å². The predicted molar refractivity (Wildman–Crippen MR) is 285 cm³/mol. The van der Waals surface area contributed by atoms with Gasteiger partial charge in [0.25, 0.3) is 0 Å². The van der Waals surface area contributed by atoms with Crippen LogP contribution in [-0.4, -0.2) is 65.2 Å². The fourth-order valence-corrected chi connectivity index (χ4v) is 8.06. The molecule has 4 atom stereocenters. The fourth-order valence-electron chi connectivity index (χ4n) is 8.06. The van der Waals surface area contributed by atoms with Crippen molar-refractivity contribution in [1.82, 2.24) is 20.4 Å². The molecule has 2 heterocycles. The normalized spacial score (nSPS) is 12.2. The number of hydrogen-bond donors (Lipinski definition) is 4. The molecule has 0 bridgehead atoms. The summed E-state index contributed by atoms with van der Waals surface area (Å²) in [5, 5.41) is 49.8. The van der Waals surface area contributed by atoms with Crippen LogP contribution in [0.5, 0.6) is 0 Å². The van der Waals surface area contributed by atoms with E-state index in [0.717, 1.165) is 42.5 Å². The maximum atomic E-state index is 14.1. The smallest absolute Gasteiger partial charge is 0.237 e. The van der Waals surface area contributed by atoms with Crippen LogP contribution in [0, 0.1) is 93.6 Å². The molecule has 0 amide bonds. The summed E-state index contributed by atoms with van der Waals surface area (Å²) < 4.78 is 202. The summed E-state index contributed by atoms with van der Waals surface area (Å²) in [6.45, 7) is 6.64. The van der Waals surface area contributed by atoms with Crippen molar-refractivity contribution >= 4 is 0 Å². The van der Waals surface area contributed by atoms with Crippen LogP contribution in [0.1, 0.15) is 40.5 Å². The molecule has 0 saturated heterocycles. The average Bonchev–Trinajstić information content (AvgIpc) is 1.04. The molecule has 0 saturated carbocycles. The average molecular weight is 1590 g/mol. The number of aromatic nitrogens is 4. The van der Waals surface area contributed by atoms with Crippen LogP contribution in [-0.2, 0) is 40.2 Å². The van der Waals surface area contributed by atoms with E-state index in [4.69, 9.17) is 29.3 Å². The molecule has 2 radical (unpaired) electrons. The Morgan fingerprint density at radius 3 is 0.943 bits per heavy atom. The Balaban J connectivity index is 0.000000260. The molecule has 2 aromatic heterocycles. The van der Waals surface area contributed by atoms with Gasteiger partial charge >= 0.3 is 0 Å². The second kappa shape index (κ2) is 31.4. The van der Waals surface area contributed by atoms with Crippen molar-refractivity contribution in [2.45, 2.75) is 65.0 Å². The van der Waals surface area contributed by atoms with Gasteiger partial charge in [-0.1, -0.05) is 52.6 Å². The topological polar surface area (TPSA) is 159 Å². The van der Waals surface area contributed by atoms with Gasteiger partial charge < -0.3 is 29.3 Å². The maximum Gasteiger partial charge on any atom is 0.237 e. The molecule has 0 aliphatic rings. The van der Waals surface area contributed by atoms with E-state index in [-0.39, 0.29) is 122 Å². The molecule has 0 fully saturated rings. The molecule has 10 nitrogen and oxygen atoms in total. The third-order valence-electron chi connectivity index (χ3n) is 12.0. The maximum absolute atomic E-state index is 14.1. The van der Waals surface area contributed by atoms with Crippen LogP contribution in [0.3, 0.4) is 0 Å². The summed E-state index contributed by atoms with van der Waals surface area (Å²) in [5.74, 6) is -23.6. The molecule has 8 aromatic carbocycles. The Kier molecular flexibility index (Phi) is 25.3. The van der Waals surface area contributed by atoms with Crippen molar-refractivity contribution in [2.75, 3.05) is 0 Å². The van der Waals surface area contributed by atoms with Crippen molar-refractivity contribution in [1.29, 1.82) is 0 Å². The minimum absolute atomic E-state index is 0. The van der Waals surface area contributed by atoms with Crippen LogP contribution in [0.15, 0.2) is 130 Å². The van der Waals surface area contributed by atoms with Gasteiger partial charge in [-0.05, 0) is 99.7 Å². The first-order valence-electron chi connectivity index (χ1n) is 25.3. The van der Waals surface area contributed by atoms with Gasteiger partial charge in [0, 0.05) is 74.6 Å². The Bertz CT molecular complexity index is 3650. The molecule has 10 rings (SSSR count). The standard InChI is InChI=1S/C26H7F10N2O.C26H13F4N2O.2C5H12O2.2Ir/c27-15-13(16(28)20(32)23(35)19(15)31)9-1-5-11(6-2-9)25-37-38-26(39-25)12-7-3-10(4-8-12)14-17(29)21(33)24(36)22(34)18(14)30;27-19-9-11-21(23(29)13-19)15-1-5-17(6-2-15)25-31-32-26(33-25)18-7-3-16(4-8-18)22-12-10-20(28)14-24(22)30;2*1-4(6)3-5(2)7;;/h1-7H;1-7,9-14H;2*4-7H,3H2,1-2H3;;/q2*-1;;;;. The SMILES string of the molecule is CC(O)CC(C)O.CC(O)CC(C)O.Fc1c(F)c(F)c(-c2c[c-]c(-c3nnc(-c4ccc(-c5c(F)c(F)c(F)c(F)c5F)cc4)o3)cc2)c(F)c1F.Fc1ccc(-c2c[c-]c(-c3nnc(-c4ccc(-c5ccc(F)cc5F)cc4)o3)cc2)c(F)c1.[Ir].[Ir]. The van der Waals surface area contributed by atoms with Crippen LogP contribution < -0.4 is 0 Å². The van der Waals surface area contributed by atoms with Gasteiger partial charge in [0.2, 0.25) is 17.6 Å². The fraction of sp³-hybridized carbons (Fsp3) is 0.161. The van der Waals surface area contributed by atoms with Gasteiger partial charge in [-0.25, -0.2) is 61.5 Å². The van der Waals surface area contributed by atoms with Crippen molar-refractivity contribution in [3.8, 4) is 90.3 Å². The number of aliphatic hydroxyl groups is 4. The zero-order valence-corrected chi connectivity index (χ0v) is 50.4. The molecule has 26 heteroatoms. The van der Waals surface area contributed by atoms with Crippen molar-refractivity contribution in [2.24, 2.45) is 0 Å². The van der Waals surface area contributed by atoms with E-state index in [1.165, 1.54) is 36.4 Å². The summed E-state index contributed by atoms with van der Waals surface area (Å²) in [6.07, 6.45) is -0.556. The molecule has 0 spiro atoms. The minimum Gasteiger partial charge on any atom is -0.464 e. The summed E-state index contributed by atoms with van der Waals surface area (Å²) in [7, 11) is 0. The summed E-state index contributed by atoms with van der Waals surface area (Å²) in [4.78, 5) is 0. The van der Waals surface area contributed by atoms with Gasteiger partial charge in [-0.2, -0.15) is 10.2 Å². The number of nitrogens with zero attached hydrogens (tertiary/aromatic N) is 4. The quantitative estimate of drug-likeness (QED) is 0.0401. The minimum atomic E-state index is -2.30. The summed E-state index contributed by atoms with van der Waals surface area (Å²) in [5.41, 5.74) is 0.00576. The second-order valence-electron chi connectivity index (χ2n) is 19.0. The van der Waals surface area contributed by atoms with Crippen LogP contribution in [0.25, 0.3) is 90.3 Å². The number of rotatable bonds is 12. The number of benzene rings is 8. The molecular weight excluding hydrogens is 1550 g/mol. The van der Waals surface area contributed by atoms with E-state index in [9.17, 15) is 61.5 Å². The van der Waals surface area contributed by atoms with E-state index in [1.54, 1.807) is 70.2 Å². The van der Waals surface area contributed by atoms with Gasteiger partial charge in [-0.3, -0.25) is 0 Å². The second-order valence-corrected chi connectivity index (χ2v) is 19.0. The van der Waals surface area contributed by atoms with E-state index < -0.39 is 92.6 Å². The summed E-state index contributed by atoms with van der Waals surface area (Å²) >= 11 is 0. The van der Waals surface area contributed by atoms with Gasteiger partial charge in [0.15, 0.2) is 64.1 Å². The Labute approximate surface area is 518 Å². The molecule has 88 heavy (non-hydrogen) atoms. The van der Waals surface area contributed by atoms with E-state index in [2.05, 4.69) is 32.5 Å². The van der Waals surface area contributed by atoms with E-state index >= 15 is 0 Å². The molecule has 466 valence electrons. The van der Waals surface area contributed by atoms with E-state index in [1.807, 2.05) is 0 Å². The number of aliphatic hydroxyl groups excluding tert-OH is 4. The van der Waals surface area contributed by atoms with Crippen LogP contribution in [0.4, 0.5) is 61.5 Å². The third-order valence-corrected chi connectivity index (χ3v) is 12.0. The number of hydrogen-bond acceptors (Lipinski definition) is 10. The molecule has 4 N–H and O–H groups in total. The predicted octanol–water partition coefficient (Wildman–Crippen LogP) is 15.3. The Morgan fingerprint density at radius 1 is 0.341 bits per heavy atom. The molecular formula is C62H44F14Ir2N4O6-2. The largest absolute Gasteiger partial charge is 0.464 e. The van der Waals surface area contributed by atoms with Gasteiger partial charge in [-0.15, -0.1) is 58.7 Å². The van der Waals surface area contributed by atoms with Gasteiger partial charge in [0.05, 0.1) is 30.0 Å². The Morgan fingerprint density at radius 2 is 0.625 bits per heavy atom. The Hall–Kier alpha value is -7.80. The molecule has 4 unspecified atom stereocenters. The summed E-state index contributed by atoms with van der Waals surface area (Å²) in [6, 6.07) is 31.5. The number of halogens is 14. The van der Waals surface area contributed by atoms with Crippen molar-refractivity contribution < 1.29 is 131 Å². The van der Waals surface area contributed by atoms with Crippen LogP contribution in [0.2, 0.25) is 0 Å². The zero-order chi connectivity index (χ0) is 62.8.